The molecule has 8 heteroatoms. The van der Waals surface area contributed by atoms with E-state index in [0.29, 0.717) is 57.0 Å². The molecule has 0 bridgehead atoms. The number of fused-ring (bicyclic) bond motifs is 1. The second-order valence-corrected chi connectivity index (χ2v) is 9.07. The molecular weight excluding hydrogens is 434 g/mol. The maximum Gasteiger partial charge on any atom is 0.270 e. The van der Waals surface area contributed by atoms with Crippen molar-refractivity contribution in [2.45, 2.75) is 20.8 Å². The van der Waals surface area contributed by atoms with Crippen LogP contribution in [-0.4, -0.2) is 30.2 Å². The Balaban J connectivity index is 1.58. The van der Waals surface area contributed by atoms with Gasteiger partial charge in [-0.3, -0.25) is 9.69 Å². The van der Waals surface area contributed by atoms with Gasteiger partial charge in [0.25, 0.3) is 5.91 Å². The third-order valence-electron chi connectivity index (χ3n) is 4.55. The quantitative estimate of drug-likeness (QED) is 0.415. The van der Waals surface area contributed by atoms with Crippen molar-refractivity contribution in [3.8, 4) is 23.0 Å². The highest BCUT2D eigenvalue weighted by Crippen LogP contribution is 2.41. The molecule has 6 nitrogen and oxygen atoms in total. The second kappa shape index (κ2) is 9.20. The Bertz CT molecular complexity index is 1050. The van der Waals surface area contributed by atoms with E-state index in [-0.39, 0.29) is 12.7 Å². The topological polar surface area (TPSA) is 57.2 Å². The summed E-state index contributed by atoms with van der Waals surface area (Å²) in [6.45, 7) is 7.42. The zero-order chi connectivity index (χ0) is 22.0. The lowest BCUT2D eigenvalue weighted by Crippen LogP contribution is -2.27. The normalized spacial score (nSPS) is 16.5. The number of benzene rings is 2. The fraction of sp³-hybridized carbons (Fsp3) is 0.304. The van der Waals surface area contributed by atoms with E-state index in [1.807, 2.05) is 31.2 Å². The first kappa shape index (κ1) is 21.5. The number of thiocarbonyl (C=S) groups is 1. The van der Waals surface area contributed by atoms with E-state index in [1.165, 1.54) is 16.7 Å². The SMILES string of the molecule is CCOc1cc(/C=C2\SC(=S)N(c3ccc4c(c3)OCO4)C2=O)ccc1OCC(C)C. The number of amides is 1. The molecule has 162 valence electrons. The fourth-order valence-electron chi connectivity index (χ4n) is 3.12. The van der Waals surface area contributed by atoms with Crippen LogP contribution in [0.3, 0.4) is 0 Å². The number of anilines is 1. The van der Waals surface area contributed by atoms with Crippen molar-refractivity contribution in [1.29, 1.82) is 0 Å². The van der Waals surface area contributed by atoms with E-state index in [0.717, 1.165) is 5.56 Å². The Hall–Kier alpha value is -2.71. The summed E-state index contributed by atoms with van der Waals surface area (Å²) in [5.41, 5.74) is 1.49. The Morgan fingerprint density at radius 1 is 1.13 bits per heavy atom. The molecule has 2 aromatic rings. The van der Waals surface area contributed by atoms with Crippen LogP contribution in [-0.2, 0) is 4.79 Å². The molecule has 4 rings (SSSR count). The third-order valence-corrected chi connectivity index (χ3v) is 5.85. The molecule has 0 spiro atoms. The molecule has 2 aliphatic rings. The van der Waals surface area contributed by atoms with Gasteiger partial charge in [-0.2, -0.15) is 0 Å². The monoisotopic (exact) mass is 457 g/mol. The molecule has 2 heterocycles. The Morgan fingerprint density at radius 3 is 2.71 bits per heavy atom. The molecule has 0 aromatic heterocycles. The molecule has 0 unspecified atom stereocenters. The summed E-state index contributed by atoms with van der Waals surface area (Å²) in [5, 5.41) is 0. The summed E-state index contributed by atoms with van der Waals surface area (Å²) >= 11 is 6.75. The first-order chi connectivity index (χ1) is 15.0. The van der Waals surface area contributed by atoms with Gasteiger partial charge in [-0.05, 0) is 48.7 Å². The number of hydrogen-bond acceptors (Lipinski definition) is 7. The van der Waals surface area contributed by atoms with Gasteiger partial charge in [0, 0.05) is 6.07 Å². The summed E-state index contributed by atoms with van der Waals surface area (Å²) in [6.07, 6.45) is 1.82. The number of carbonyl (C=O) groups excluding carboxylic acids is 1. The minimum absolute atomic E-state index is 0.174. The van der Waals surface area contributed by atoms with Crippen LogP contribution in [0.5, 0.6) is 23.0 Å². The predicted molar refractivity (Wildman–Crippen MR) is 126 cm³/mol. The smallest absolute Gasteiger partial charge is 0.270 e. The molecule has 2 aromatic carbocycles. The highest BCUT2D eigenvalue weighted by molar-refractivity contribution is 8.27. The maximum absolute atomic E-state index is 13.1. The summed E-state index contributed by atoms with van der Waals surface area (Å²) in [6, 6.07) is 11.0. The molecule has 1 saturated heterocycles. The number of carbonyl (C=O) groups is 1. The summed E-state index contributed by atoms with van der Waals surface area (Å²) in [5.74, 6) is 2.85. The third kappa shape index (κ3) is 4.65. The van der Waals surface area contributed by atoms with E-state index in [4.69, 9.17) is 31.2 Å². The van der Waals surface area contributed by atoms with Crippen molar-refractivity contribution in [1.82, 2.24) is 0 Å². The van der Waals surface area contributed by atoms with Crippen molar-refractivity contribution in [3.05, 3.63) is 46.9 Å². The highest BCUT2D eigenvalue weighted by Gasteiger charge is 2.34. The van der Waals surface area contributed by atoms with Gasteiger partial charge < -0.3 is 18.9 Å². The van der Waals surface area contributed by atoms with Gasteiger partial charge >= 0.3 is 0 Å². The number of ether oxygens (including phenoxy) is 4. The summed E-state index contributed by atoms with van der Waals surface area (Å²) in [7, 11) is 0. The lowest BCUT2D eigenvalue weighted by molar-refractivity contribution is -0.113. The molecule has 1 fully saturated rings. The van der Waals surface area contributed by atoms with Gasteiger partial charge in [0.05, 0.1) is 23.8 Å². The first-order valence-electron chi connectivity index (χ1n) is 10.0. The Kier molecular flexibility index (Phi) is 6.38. The minimum atomic E-state index is -0.174. The largest absolute Gasteiger partial charge is 0.490 e. The standard InChI is InChI=1S/C23H23NO5S2/c1-4-26-19-9-15(5-7-17(19)27-12-14(2)3)10-21-22(25)24(23(30)31-21)16-6-8-18-20(11-16)29-13-28-18/h5-11,14H,4,12-13H2,1-3H3/b21-10-. The Morgan fingerprint density at radius 2 is 1.94 bits per heavy atom. The first-order valence-corrected chi connectivity index (χ1v) is 11.3. The number of rotatable bonds is 7. The Labute approximate surface area is 191 Å². The molecule has 0 N–H and O–H groups in total. The maximum atomic E-state index is 13.1. The van der Waals surface area contributed by atoms with Gasteiger partial charge in [-0.1, -0.05) is 43.9 Å². The summed E-state index contributed by atoms with van der Waals surface area (Å²) in [4.78, 5) is 15.2. The van der Waals surface area contributed by atoms with Crippen LogP contribution in [0.2, 0.25) is 0 Å². The highest BCUT2D eigenvalue weighted by atomic mass is 32.2. The molecule has 1 amide bonds. The average Bonchev–Trinajstić information content (AvgIpc) is 3.31. The van der Waals surface area contributed by atoms with Crippen LogP contribution < -0.4 is 23.8 Å². The van der Waals surface area contributed by atoms with E-state index < -0.39 is 0 Å². The summed E-state index contributed by atoms with van der Waals surface area (Å²) < 4.78 is 22.8. The molecule has 0 aliphatic carbocycles. The van der Waals surface area contributed by atoms with Crippen LogP contribution in [0.4, 0.5) is 5.69 Å². The van der Waals surface area contributed by atoms with Gasteiger partial charge in [-0.25, -0.2) is 0 Å². The lowest BCUT2D eigenvalue weighted by Gasteiger charge is -2.15. The van der Waals surface area contributed by atoms with Crippen molar-refractivity contribution in [3.63, 3.8) is 0 Å². The van der Waals surface area contributed by atoms with E-state index in [2.05, 4.69) is 13.8 Å². The molecular formula is C23H23NO5S2. The van der Waals surface area contributed by atoms with Gasteiger partial charge in [-0.15, -0.1) is 0 Å². The zero-order valence-electron chi connectivity index (χ0n) is 17.5. The van der Waals surface area contributed by atoms with Crippen molar-refractivity contribution >= 4 is 46.0 Å². The minimum Gasteiger partial charge on any atom is -0.490 e. The van der Waals surface area contributed by atoms with E-state index in [1.54, 1.807) is 18.2 Å². The van der Waals surface area contributed by atoms with Gasteiger partial charge in [0.2, 0.25) is 6.79 Å². The van der Waals surface area contributed by atoms with Gasteiger partial charge in [0.15, 0.2) is 27.3 Å². The fourth-order valence-corrected chi connectivity index (χ4v) is 4.42. The average molecular weight is 458 g/mol. The van der Waals surface area contributed by atoms with Crippen LogP contribution in [0.15, 0.2) is 41.3 Å². The van der Waals surface area contributed by atoms with Crippen molar-refractivity contribution in [2.75, 3.05) is 24.9 Å². The number of thioether (sulfide) groups is 1. The van der Waals surface area contributed by atoms with Crippen LogP contribution in [0.1, 0.15) is 26.3 Å². The van der Waals surface area contributed by atoms with E-state index >= 15 is 0 Å². The molecule has 0 saturated carbocycles. The molecule has 2 aliphatic heterocycles. The predicted octanol–water partition coefficient (Wildman–Crippen LogP) is 5.25. The molecule has 31 heavy (non-hydrogen) atoms. The second-order valence-electron chi connectivity index (χ2n) is 7.40. The van der Waals surface area contributed by atoms with Crippen molar-refractivity contribution in [2.24, 2.45) is 5.92 Å². The van der Waals surface area contributed by atoms with E-state index in [9.17, 15) is 4.79 Å². The van der Waals surface area contributed by atoms with Crippen LogP contribution >= 0.6 is 24.0 Å². The van der Waals surface area contributed by atoms with Crippen molar-refractivity contribution < 1.29 is 23.7 Å². The molecule has 0 atom stereocenters. The zero-order valence-corrected chi connectivity index (χ0v) is 19.2. The van der Waals surface area contributed by atoms with Crippen LogP contribution in [0.25, 0.3) is 6.08 Å². The number of hydrogen-bond donors (Lipinski definition) is 0. The van der Waals surface area contributed by atoms with Crippen LogP contribution in [0, 0.1) is 5.92 Å². The number of nitrogens with zero attached hydrogens (tertiary/aromatic N) is 1. The molecule has 0 radical (unpaired) electrons. The van der Waals surface area contributed by atoms with Gasteiger partial charge in [0.1, 0.15) is 0 Å². The lowest BCUT2D eigenvalue weighted by atomic mass is 10.1.